The minimum absolute atomic E-state index is 0.0127. The SMILES string of the molecule is CC1(C)SCCN1C(=O)CCNC(=O)O. The highest BCUT2D eigenvalue weighted by molar-refractivity contribution is 8.00. The predicted octanol–water partition coefficient (Wildman–Crippen LogP) is 0.956. The Morgan fingerprint density at radius 2 is 2.20 bits per heavy atom. The molecule has 0 spiro atoms. The summed E-state index contributed by atoms with van der Waals surface area (Å²) in [5.41, 5.74) is 0. The van der Waals surface area contributed by atoms with Crippen molar-refractivity contribution in [3.63, 3.8) is 0 Å². The van der Waals surface area contributed by atoms with Gasteiger partial charge in [-0.1, -0.05) is 0 Å². The summed E-state index contributed by atoms with van der Waals surface area (Å²) in [6.07, 6.45) is -0.853. The molecule has 0 bridgehead atoms. The molecule has 1 aliphatic rings. The Bertz CT molecular complexity index is 268. The Morgan fingerprint density at radius 3 is 2.67 bits per heavy atom. The average Bonchev–Trinajstić information content (AvgIpc) is 2.44. The zero-order valence-electron chi connectivity index (χ0n) is 8.95. The molecule has 1 aliphatic heterocycles. The summed E-state index contributed by atoms with van der Waals surface area (Å²) in [5.74, 6) is 0.962. The molecular weight excluding hydrogens is 216 g/mol. The molecule has 2 N–H and O–H groups in total. The molecule has 0 aromatic heterocycles. The molecule has 6 heteroatoms. The monoisotopic (exact) mass is 232 g/mol. The molecule has 0 saturated carbocycles. The molecule has 5 nitrogen and oxygen atoms in total. The van der Waals surface area contributed by atoms with Crippen molar-refractivity contribution in [1.82, 2.24) is 10.2 Å². The Hall–Kier alpha value is -0.910. The van der Waals surface area contributed by atoms with Crippen molar-refractivity contribution >= 4 is 23.8 Å². The first-order valence-electron chi connectivity index (χ1n) is 4.85. The van der Waals surface area contributed by atoms with Gasteiger partial charge in [-0.3, -0.25) is 4.79 Å². The fourth-order valence-electron chi connectivity index (χ4n) is 1.57. The molecule has 2 amide bonds. The van der Waals surface area contributed by atoms with Crippen molar-refractivity contribution in [2.24, 2.45) is 0 Å². The first-order valence-corrected chi connectivity index (χ1v) is 5.83. The van der Waals surface area contributed by atoms with Gasteiger partial charge in [-0.2, -0.15) is 0 Å². The van der Waals surface area contributed by atoms with Crippen LogP contribution in [0.5, 0.6) is 0 Å². The van der Waals surface area contributed by atoms with Crippen LogP contribution in [0.1, 0.15) is 20.3 Å². The van der Waals surface area contributed by atoms with Gasteiger partial charge in [-0.05, 0) is 13.8 Å². The van der Waals surface area contributed by atoms with Crippen LogP contribution < -0.4 is 5.32 Å². The highest BCUT2D eigenvalue weighted by Gasteiger charge is 2.35. The van der Waals surface area contributed by atoms with Crippen LogP contribution in [0.15, 0.2) is 0 Å². The standard InChI is InChI=1S/C9H16N2O3S/c1-9(2)11(5-6-15-9)7(12)3-4-10-8(13)14/h10H,3-6H2,1-2H3,(H,13,14). The molecule has 0 aromatic carbocycles. The van der Waals surface area contributed by atoms with E-state index >= 15 is 0 Å². The summed E-state index contributed by atoms with van der Waals surface area (Å²) in [6.45, 7) is 4.95. The highest BCUT2D eigenvalue weighted by Crippen LogP contribution is 2.34. The predicted molar refractivity (Wildman–Crippen MR) is 58.9 cm³/mol. The van der Waals surface area contributed by atoms with Crippen molar-refractivity contribution < 1.29 is 14.7 Å². The molecule has 1 saturated heterocycles. The summed E-state index contributed by atoms with van der Waals surface area (Å²) in [5, 5.41) is 10.5. The third kappa shape index (κ3) is 3.30. The molecule has 0 aromatic rings. The summed E-state index contributed by atoms with van der Waals surface area (Å²) in [6, 6.07) is 0. The number of carbonyl (C=O) groups excluding carboxylic acids is 1. The molecule has 15 heavy (non-hydrogen) atoms. The number of thioether (sulfide) groups is 1. The first-order chi connectivity index (χ1) is 6.93. The van der Waals surface area contributed by atoms with Crippen LogP contribution in [-0.2, 0) is 4.79 Å². The zero-order valence-corrected chi connectivity index (χ0v) is 9.76. The van der Waals surface area contributed by atoms with Crippen molar-refractivity contribution in [1.29, 1.82) is 0 Å². The van der Waals surface area contributed by atoms with Crippen LogP contribution in [0, 0.1) is 0 Å². The molecule has 1 fully saturated rings. The Kier molecular flexibility index (Phi) is 3.84. The molecule has 0 radical (unpaired) electrons. The molecular formula is C9H16N2O3S. The average molecular weight is 232 g/mol. The van der Waals surface area contributed by atoms with Gasteiger partial charge in [0, 0.05) is 25.3 Å². The van der Waals surface area contributed by atoms with Crippen LogP contribution in [-0.4, -0.2) is 45.7 Å². The largest absolute Gasteiger partial charge is 0.465 e. The van der Waals surface area contributed by atoms with E-state index in [1.54, 1.807) is 16.7 Å². The maximum atomic E-state index is 11.7. The van der Waals surface area contributed by atoms with Crippen molar-refractivity contribution in [3.05, 3.63) is 0 Å². The smallest absolute Gasteiger partial charge is 0.404 e. The lowest BCUT2D eigenvalue weighted by Gasteiger charge is -2.30. The molecule has 0 atom stereocenters. The van der Waals surface area contributed by atoms with Gasteiger partial charge in [0.15, 0.2) is 0 Å². The van der Waals surface area contributed by atoms with E-state index in [9.17, 15) is 9.59 Å². The topological polar surface area (TPSA) is 69.6 Å². The number of hydrogen-bond donors (Lipinski definition) is 2. The number of hydrogen-bond acceptors (Lipinski definition) is 3. The zero-order chi connectivity index (χ0) is 11.5. The lowest BCUT2D eigenvalue weighted by atomic mass is 10.2. The molecule has 0 aliphatic carbocycles. The summed E-state index contributed by atoms with van der Waals surface area (Å²) in [7, 11) is 0. The second kappa shape index (κ2) is 4.74. The van der Waals surface area contributed by atoms with Gasteiger partial charge in [0.2, 0.25) is 5.91 Å². The van der Waals surface area contributed by atoms with Crippen LogP contribution >= 0.6 is 11.8 Å². The number of carboxylic acid groups (broad SMARTS) is 1. The second-order valence-corrected chi connectivity index (χ2v) is 5.52. The highest BCUT2D eigenvalue weighted by atomic mass is 32.2. The molecule has 1 heterocycles. The third-order valence-electron chi connectivity index (χ3n) is 2.34. The summed E-state index contributed by atoms with van der Waals surface area (Å²) >= 11 is 1.74. The van der Waals surface area contributed by atoms with Gasteiger partial charge in [0.25, 0.3) is 0 Å². The van der Waals surface area contributed by atoms with Crippen LogP contribution in [0.25, 0.3) is 0 Å². The van der Waals surface area contributed by atoms with Gasteiger partial charge < -0.3 is 15.3 Å². The quantitative estimate of drug-likeness (QED) is 0.760. The molecule has 0 unspecified atom stereocenters. The summed E-state index contributed by atoms with van der Waals surface area (Å²) < 4.78 is 0. The van der Waals surface area contributed by atoms with E-state index in [0.29, 0.717) is 0 Å². The maximum absolute atomic E-state index is 11.7. The van der Waals surface area contributed by atoms with Crippen molar-refractivity contribution in [2.45, 2.75) is 25.1 Å². The minimum atomic E-state index is -1.09. The van der Waals surface area contributed by atoms with Crippen LogP contribution in [0.2, 0.25) is 0 Å². The third-order valence-corrected chi connectivity index (χ3v) is 3.65. The second-order valence-electron chi connectivity index (χ2n) is 3.82. The number of rotatable bonds is 3. The fraction of sp³-hybridized carbons (Fsp3) is 0.778. The van der Waals surface area contributed by atoms with E-state index in [2.05, 4.69) is 5.32 Å². The Balaban J connectivity index is 2.37. The van der Waals surface area contributed by atoms with Gasteiger partial charge in [-0.15, -0.1) is 11.8 Å². The number of nitrogens with zero attached hydrogens (tertiary/aromatic N) is 1. The van der Waals surface area contributed by atoms with Gasteiger partial charge >= 0.3 is 6.09 Å². The first kappa shape index (κ1) is 12.2. The maximum Gasteiger partial charge on any atom is 0.404 e. The van der Waals surface area contributed by atoms with Crippen LogP contribution in [0.4, 0.5) is 4.79 Å². The lowest BCUT2D eigenvalue weighted by Crippen LogP contribution is -2.42. The van der Waals surface area contributed by atoms with Crippen molar-refractivity contribution in [2.75, 3.05) is 18.8 Å². The van der Waals surface area contributed by atoms with E-state index in [4.69, 9.17) is 5.11 Å². The molecule has 1 rings (SSSR count). The van der Waals surface area contributed by atoms with Gasteiger partial charge in [-0.25, -0.2) is 4.79 Å². The Morgan fingerprint density at radius 1 is 1.53 bits per heavy atom. The van der Waals surface area contributed by atoms with E-state index in [0.717, 1.165) is 12.3 Å². The normalized spacial score (nSPS) is 18.9. The van der Waals surface area contributed by atoms with Crippen LogP contribution in [0.3, 0.4) is 0 Å². The Labute approximate surface area is 93.2 Å². The summed E-state index contributed by atoms with van der Waals surface area (Å²) in [4.78, 5) is 23.6. The fourth-order valence-corrected chi connectivity index (χ4v) is 2.69. The number of carbonyl (C=O) groups is 2. The number of nitrogens with one attached hydrogen (secondary N) is 1. The lowest BCUT2D eigenvalue weighted by molar-refractivity contribution is -0.132. The van der Waals surface area contributed by atoms with Gasteiger partial charge in [0.05, 0.1) is 4.87 Å². The van der Waals surface area contributed by atoms with E-state index < -0.39 is 6.09 Å². The number of amides is 2. The van der Waals surface area contributed by atoms with E-state index in [-0.39, 0.29) is 23.7 Å². The van der Waals surface area contributed by atoms with E-state index in [1.165, 1.54) is 0 Å². The van der Waals surface area contributed by atoms with E-state index in [1.807, 2.05) is 13.8 Å². The molecule has 86 valence electrons. The van der Waals surface area contributed by atoms with Gasteiger partial charge in [0.1, 0.15) is 0 Å². The minimum Gasteiger partial charge on any atom is -0.465 e. The van der Waals surface area contributed by atoms with Crippen molar-refractivity contribution in [3.8, 4) is 0 Å².